The molecule has 2 heterocycles. The lowest BCUT2D eigenvalue weighted by Gasteiger charge is -2.12. The Hall–Kier alpha value is -2.36. The van der Waals surface area contributed by atoms with Crippen molar-refractivity contribution in [3.8, 4) is 0 Å². The van der Waals surface area contributed by atoms with Crippen molar-refractivity contribution in [1.29, 1.82) is 0 Å². The van der Waals surface area contributed by atoms with Crippen LogP contribution in [0, 0.1) is 20.8 Å². The van der Waals surface area contributed by atoms with Gasteiger partial charge in [0.15, 0.2) is 5.65 Å². The molecule has 3 rings (SSSR count). The average Bonchev–Trinajstić information content (AvgIpc) is 2.76. The summed E-state index contributed by atoms with van der Waals surface area (Å²) in [5.41, 5.74) is 5.40. The molecule has 0 atom stereocenters. The highest BCUT2D eigenvalue weighted by molar-refractivity contribution is 5.66. The van der Waals surface area contributed by atoms with Crippen molar-refractivity contribution in [3.63, 3.8) is 0 Å². The first-order chi connectivity index (χ1) is 9.15. The molecule has 0 fully saturated rings. The van der Waals surface area contributed by atoms with Crippen LogP contribution in [-0.2, 0) is 0 Å². The fourth-order valence-electron chi connectivity index (χ4n) is 2.22. The Kier molecular flexibility index (Phi) is 2.71. The number of rotatable bonds is 2. The summed E-state index contributed by atoms with van der Waals surface area (Å²) in [4.78, 5) is 8.60. The van der Waals surface area contributed by atoms with Gasteiger partial charge in [0.25, 0.3) is 0 Å². The van der Waals surface area contributed by atoms with Crippen LogP contribution < -0.4 is 5.32 Å². The van der Waals surface area contributed by atoms with Gasteiger partial charge < -0.3 is 5.32 Å². The zero-order valence-corrected chi connectivity index (χ0v) is 11.3. The molecule has 19 heavy (non-hydrogen) atoms. The molecule has 2 aromatic heterocycles. The van der Waals surface area contributed by atoms with Gasteiger partial charge in [-0.05, 0) is 31.9 Å². The number of fused-ring (bicyclic) bond motifs is 1. The summed E-state index contributed by atoms with van der Waals surface area (Å²) < 4.78 is 2.02. The van der Waals surface area contributed by atoms with Crippen molar-refractivity contribution in [2.24, 2.45) is 0 Å². The summed E-state index contributed by atoms with van der Waals surface area (Å²) in [7, 11) is 0. The van der Waals surface area contributed by atoms with Gasteiger partial charge in [-0.1, -0.05) is 18.2 Å². The lowest BCUT2D eigenvalue weighted by atomic mass is 10.1. The lowest BCUT2D eigenvalue weighted by Crippen LogP contribution is -2.00. The fraction of sp³-hybridized carbons (Fsp3) is 0.200. The average molecular weight is 252 g/mol. The number of hydrogen-bond donors (Lipinski definition) is 1. The molecule has 0 radical (unpaired) electrons. The van der Waals surface area contributed by atoms with Crippen LogP contribution >= 0.6 is 0 Å². The third-order valence-corrected chi connectivity index (χ3v) is 3.26. The minimum atomic E-state index is 0.847. The van der Waals surface area contributed by atoms with Crippen molar-refractivity contribution < 1.29 is 0 Å². The van der Waals surface area contributed by atoms with E-state index in [0.717, 1.165) is 22.8 Å². The molecule has 0 amide bonds. The van der Waals surface area contributed by atoms with E-state index in [0.29, 0.717) is 0 Å². The smallest absolute Gasteiger partial charge is 0.156 e. The van der Waals surface area contributed by atoms with Gasteiger partial charge in [0, 0.05) is 11.9 Å². The van der Waals surface area contributed by atoms with E-state index < -0.39 is 0 Å². The number of para-hydroxylation sites is 1. The molecule has 4 heteroatoms. The third-order valence-electron chi connectivity index (χ3n) is 3.26. The Bertz CT molecular complexity index is 723. The molecule has 0 aliphatic rings. The maximum absolute atomic E-state index is 4.35. The second-order valence-electron chi connectivity index (χ2n) is 4.79. The molecular weight excluding hydrogens is 236 g/mol. The van der Waals surface area contributed by atoms with Crippen molar-refractivity contribution in [2.45, 2.75) is 20.8 Å². The Morgan fingerprint density at radius 3 is 2.47 bits per heavy atom. The molecule has 0 saturated carbocycles. The maximum Gasteiger partial charge on any atom is 0.156 e. The van der Waals surface area contributed by atoms with Gasteiger partial charge in [-0.2, -0.15) is 0 Å². The molecule has 1 aromatic carbocycles. The van der Waals surface area contributed by atoms with Crippen molar-refractivity contribution in [3.05, 3.63) is 53.6 Å². The highest BCUT2D eigenvalue weighted by atomic mass is 15.1. The van der Waals surface area contributed by atoms with Gasteiger partial charge in [-0.3, -0.25) is 9.38 Å². The van der Waals surface area contributed by atoms with E-state index in [2.05, 4.69) is 47.3 Å². The number of nitrogens with zero attached hydrogens (tertiary/aromatic N) is 3. The number of aromatic nitrogens is 3. The van der Waals surface area contributed by atoms with E-state index in [4.69, 9.17) is 0 Å². The van der Waals surface area contributed by atoms with Crippen molar-refractivity contribution in [2.75, 3.05) is 5.32 Å². The second-order valence-corrected chi connectivity index (χ2v) is 4.79. The molecule has 0 bridgehead atoms. The highest BCUT2D eigenvalue weighted by Gasteiger charge is 2.07. The number of anilines is 2. The Balaban J connectivity index is 2.08. The zero-order valence-electron chi connectivity index (χ0n) is 11.3. The summed E-state index contributed by atoms with van der Waals surface area (Å²) in [6, 6.07) is 6.27. The molecular formula is C15H16N4. The summed E-state index contributed by atoms with van der Waals surface area (Å²) in [6.07, 6.45) is 5.60. The molecule has 0 unspecified atom stereocenters. The van der Waals surface area contributed by atoms with Crippen LogP contribution in [-0.4, -0.2) is 14.4 Å². The number of imidazole rings is 1. The minimum Gasteiger partial charge on any atom is -0.340 e. The number of benzene rings is 1. The van der Waals surface area contributed by atoms with E-state index in [1.165, 1.54) is 11.1 Å². The number of aryl methyl sites for hydroxylation is 3. The number of nitrogens with one attached hydrogen (secondary N) is 1. The Labute approximate surface area is 112 Å². The van der Waals surface area contributed by atoms with Crippen LogP contribution in [0.4, 0.5) is 11.5 Å². The van der Waals surface area contributed by atoms with Crippen LogP contribution in [0.15, 0.2) is 36.8 Å². The van der Waals surface area contributed by atoms with E-state index in [1.54, 1.807) is 6.20 Å². The highest BCUT2D eigenvalue weighted by Crippen LogP contribution is 2.24. The first kappa shape index (κ1) is 11.7. The Morgan fingerprint density at radius 1 is 1.00 bits per heavy atom. The van der Waals surface area contributed by atoms with E-state index >= 15 is 0 Å². The topological polar surface area (TPSA) is 42.2 Å². The molecule has 1 N–H and O–H groups in total. The van der Waals surface area contributed by atoms with Gasteiger partial charge in [0.05, 0.1) is 18.1 Å². The Morgan fingerprint density at radius 2 is 1.74 bits per heavy atom. The van der Waals surface area contributed by atoms with Crippen LogP contribution in [0.2, 0.25) is 0 Å². The maximum atomic E-state index is 4.35. The van der Waals surface area contributed by atoms with Crippen molar-refractivity contribution >= 4 is 17.2 Å². The number of hydrogen-bond acceptors (Lipinski definition) is 3. The van der Waals surface area contributed by atoms with Gasteiger partial charge in [-0.15, -0.1) is 0 Å². The zero-order chi connectivity index (χ0) is 13.4. The standard InChI is InChI=1S/C15H16N4/c1-10-5-4-6-11(2)15(10)18-14-8-17-13-7-16-12(3)9-19(13)14/h4-9,18H,1-3H3. The normalized spacial score (nSPS) is 10.9. The second kappa shape index (κ2) is 4.39. The molecule has 0 spiro atoms. The van der Waals surface area contributed by atoms with Gasteiger partial charge in [0.1, 0.15) is 5.82 Å². The summed E-state index contributed by atoms with van der Waals surface area (Å²) >= 11 is 0. The first-order valence-corrected chi connectivity index (χ1v) is 6.28. The molecule has 0 saturated heterocycles. The van der Waals surface area contributed by atoms with Crippen LogP contribution in [0.1, 0.15) is 16.8 Å². The summed E-state index contributed by atoms with van der Waals surface area (Å²) in [5.74, 6) is 0.956. The quantitative estimate of drug-likeness (QED) is 0.760. The van der Waals surface area contributed by atoms with Crippen LogP contribution in [0.25, 0.3) is 5.65 Å². The molecule has 4 nitrogen and oxygen atoms in total. The van der Waals surface area contributed by atoms with Crippen LogP contribution in [0.5, 0.6) is 0 Å². The van der Waals surface area contributed by atoms with Gasteiger partial charge >= 0.3 is 0 Å². The predicted octanol–water partition coefficient (Wildman–Crippen LogP) is 3.40. The molecule has 96 valence electrons. The molecule has 3 aromatic rings. The van der Waals surface area contributed by atoms with Crippen LogP contribution in [0.3, 0.4) is 0 Å². The lowest BCUT2D eigenvalue weighted by molar-refractivity contribution is 1.07. The minimum absolute atomic E-state index is 0.847. The SMILES string of the molecule is Cc1cn2c(Nc3c(C)cccc3C)cnc2cn1. The van der Waals surface area contributed by atoms with E-state index in [-0.39, 0.29) is 0 Å². The third kappa shape index (κ3) is 2.05. The first-order valence-electron chi connectivity index (χ1n) is 6.28. The molecule has 0 aliphatic heterocycles. The van der Waals surface area contributed by atoms with Gasteiger partial charge in [0.2, 0.25) is 0 Å². The fourth-order valence-corrected chi connectivity index (χ4v) is 2.22. The summed E-state index contributed by atoms with van der Waals surface area (Å²) in [6.45, 7) is 6.18. The summed E-state index contributed by atoms with van der Waals surface area (Å²) in [5, 5.41) is 3.46. The van der Waals surface area contributed by atoms with E-state index in [9.17, 15) is 0 Å². The van der Waals surface area contributed by atoms with Crippen molar-refractivity contribution in [1.82, 2.24) is 14.4 Å². The largest absolute Gasteiger partial charge is 0.340 e. The molecule has 0 aliphatic carbocycles. The van der Waals surface area contributed by atoms with Gasteiger partial charge in [-0.25, -0.2) is 4.98 Å². The van der Waals surface area contributed by atoms with E-state index in [1.807, 2.05) is 23.7 Å². The predicted molar refractivity (Wildman–Crippen MR) is 76.9 cm³/mol. The monoisotopic (exact) mass is 252 g/mol.